The molecule has 19 heavy (non-hydrogen) atoms. The van der Waals surface area contributed by atoms with Crippen molar-refractivity contribution in [1.29, 1.82) is 0 Å². The van der Waals surface area contributed by atoms with Crippen LogP contribution in [0.15, 0.2) is 18.2 Å². The molecule has 1 fully saturated rings. The van der Waals surface area contributed by atoms with Crippen LogP contribution in [0.3, 0.4) is 0 Å². The predicted molar refractivity (Wildman–Crippen MR) is 75.6 cm³/mol. The Kier molecular flexibility index (Phi) is 2.92. The Morgan fingerprint density at radius 1 is 1.32 bits per heavy atom. The van der Waals surface area contributed by atoms with Crippen LogP contribution in [0.25, 0.3) is 0 Å². The van der Waals surface area contributed by atoms with Gasteiger partial charge in [0.05, 0.1) is 7.11 Å². The van der Waals surface area contributed by atoms with E-state index in [1.807, 2.05) is 6.07 Å². The van der Waals surface area contributed by atoms with Crippen LogP contribution < -0.4 is 4.74 Å². The zero-order valence-corrected chi connectivity index (χ0v) is 12.0. The Morgan fingerprint density at radius 3 is 2.68 bits per heavy atom. The number of hydrogen-bond donors (Lipinski definition) is 0. The summed E-state index contributed by atoms with van der Waals surface area (Å²) in [5.74, 6) is 2.18. The summed E-state index contributed by atoms with van der Waals surface area (Å²) in [6.45, 7) is 4.32. The summed E-state index contributed by atoms with van der Waals surface area (Å²) in [4.78, 5) is 12.5. The second kappa shape index (κ2) is 4.36. The van der Waals surface area contributed by atoms with Gasteiger partial charge >= 0.3 is 0 Å². The second-order valence-electron chi connectivity index (χ2n) is 5.92. The standard InChI is InChI=1S/C17H22O2/c1-4-17(5-2)15-13-9-7-12(19-3)10-11(13)6-8-14(15)16(17)18/h7,9-10,14-15H,4-6,8H2,1-3H3. The van der Waals surface area contributed by atoms with Crippen LogP contribution in [-0.2, 0) is 11.2 Å². The lowest BCUT2D eigenvalue weighted by molar-refractivity contribution is -0.152. The Hall–Kier alpha value is -1.31. The molecule has 1 aromatic carbocycles. The summed E-state index contributed by atoms with van der Waals surface area (Å²) >= 11 is 0. The summed E-state index contributed by atoms with van der Waals surface area (Å²) in [6.07, 6.45) is 3.97. The number of methoxy groups -OCH3 is 1. The summed E-state index contributed by atoms with van der Waals surface area (Å²) < 4.78 is 5.32. The first kappa shape index (κ1) is 12.7. The molecule has 2 atom stereocenters. The van der Waals surface area contributed by atoms with Gasteiger partial charge in [0.1, 0.15) is 11.5 Å². The highest BCUT2D eigenvalue weighted by atomic mass is 16.5. The lowest BCUT2D eigenvalue weighted by Crippen LogP contribution is -2.57. The largest absolute Gasteiger partial charge is 0.497 e. The fourth-order valence-corrected chi connectivity index (χ4v) is 4.35. The first-order valence-corrected chi connectivity index (χ1v) is 7.39. The molecular weight excluding hydrogens is 236 g/mol. The summed E-state index contributed by atoms with van der Waals surface area (Å²) in [7, 11) is 1.71. The van der Waals surface area contributed by atoms with Crippen molar-refractivity contribution < 1.29 is 9.53 Å². The molecule has 0 N–H and O–H groups in total. The van der Waals surface area contributed by atoms with Crippen LogP contribution in [0.4, 0.5) is 0 Å². The first-order valence-electron chi connectivity index (χ1n) is 7.39. The van der Waals surface area contributed by atoms with Crippen molar-refractivity contribution in [2.75, 3.05) is 7.11 Å². The molecule has 3 rings (SSSR count). The highest BCUT2D eigenvalue weighted by molar-refractivity contribution is 5.96. The van der Waals surface area contributed by atoms with Crippen molar-refractivity contribution in [2.24, 2.45) is 11.3 Å². The fourth-order valence-electron chi connectivity index (χ4n) is 4.35. The van der Waals surface area contributed by atoms with Gasteiger partial charge in [0.2, 0.25) is 0 Å². The molecule has 0 saturated heterocycles. The van der Waals surface area contributed by atoms with E-state index in [-0.39, 0.29) is 11.3 Å². The van der Waals surface area contributed by atoms with E-state index in [1.165, 1.54) is 11.1 Å². The average Bonchev–Trinajstić information content (AvgIpc) is 2.47. The topological polar surface area (TPSA) is 26.3 Å². The van der Waals surface area contributed by atoms with E-state index < -0.39 is 0 Å². The van der Waals surface area contributed by atoms with Gasteiger partial charge in [-0.2, -0.15) is 0 Å². The molecule has 0 bridgehead atoms. The molecule has 2 aliphatic rings. The third kappa shape index (κ3) is 1.52. The van der Waals surface area contributed by atoms with Gasteiger partial charge < -0.3 is 4.74 Å². The number of benzene rings is 1. The maximum Gasteiger partial charge on any atom is 0.143 e. The molecule has 0 aliphatic heterocycles. The Morgan fingerprint density at radius 2 is 2.05 bits per heavy atom. The fraction of sp³-hybridized carbons (Fsp3) is 0.588. The number of ketones is 1. The van der Waals surface area contributed by atoms with E-state index in [0.29, 0.717) is 11.7 Å². The van der Waals surface area contributed by atoms with Gasteiger partial charge in [0, 0.05) is 17.3 Å². The normalized spacial score (nSPS) is 27.2. The molecule has 102 valence electrons. The van der Waals surface area contributed by atoms with Crippen molar-refractivity contribution in [3.05, 3.63) is 29.3 Å². The molecule has 2 aliphatic carbocycles. The number of aryl methyl sites for hydroxylation is 1. The maximum atomic E-state index is 12.5. The van der Waals surface area contributed by atoms with Crippen molar-refractivity contribution >= 4 is 5.78 Å². The van der Waals surface area contributed by atoms with E-state index in [1.54, 1.807) is 7.11 Å². The minimum atomic E-state index is -0.0889. The van der Waals surface area contributed by atoms with Crippen LogP contribution in [0.5, 0.6) is 5.75 Å². The minimum absolute atomic E-state index is 0.0889. The Labute approximate surface area is 115 Å². The monoisotopic (exact) mass is 258 g/mol. The zero-order valence-electron chi connectivity index (χ0n) is 12.0. The van der Waals surface area contributed by atoms with Crippen molar-refractivity contribution in [3.8, 4) is 5.75 Å². The average molecular weight is 258 g/mol. The number of rotatable bonds is 3. The molecular formula is C17H22O2. The lowest BCUT2D eigenvalue weighted by Gasteiger charge is -2.56. The van der Waals surface area contributed by atoms with E-state index >= 15 is 0 Å². The van der Waals surface area contributed by atoms with Gasteiger partial charge in [0.25, 0.3) is 0 Å². The van der Waals surface area contributed by atoms with E-state index in [4.69, 9.17) is 4.74 Å². The minimum Gasteiger partial charge on any atom is -0.497 e. The van der Waals surface area contributed by atoms with E-state index in [9.17, 15) is 4.79 Å². The van der Waals surface area contributed by atoms with Crippen LogP contribution in [0.2, 0.25) is 0 Å². The zero-order chi connectivity index (χ0) is 13.6. The number of Topliss-reactive ketones (excluding diaryl/α,β-unsaturated/α-hetero) is 1. The van der Waals surface area contributed by atoms with Crippen molar-refractivity contribution in [2.45, 2.75) is 45.4 Å². The highest BCUT2D eigenvalue weighted by Crippen LogP contribution is 2.61. The molecule has 1 saturated carbocycles. The van der Waals surface area contributed by atoms with Crippen LogP contribution in [0.1, 0.15) is 50.2 Å². The molecule has 2 heteroatoms. The smallest absolute Gasteiger partial charge is 0.143 e. The number of hydrogen-bond acceptors (Lipinski definition) is 2. The van der Waals surface area contributed by atoms with Crippen LogP contribution >= 0.6 is 0 Å². The molecule has 0 spiro atoms. The van der Waals surface area contributed by atoms with Gasteiger partial charge in [-0.3, -0.25) is 4.79 Å². The molecule has 1 aromatic rings. The van der Waals surface area contributed by atoms with Gasteiger partial charge in [-0.1, -0.05) is 19.9 Å². The highest BCUT2D eigenvalue weighted by Gasteiger charge is 2.60. The second-order valence-corrected chi connectivity index (χ2v) is 5.92. The first-order chi connectivity index (χ1) is 9.17. The number of fused-ring (bicyclic) bond motifs is 3. The molecule has 2 unspecified atom stereocenters. The number of carbonyl (C=O) groups is 1. The summed E-state index contributed by atoms with van der Waals surface area (Å²) in [5.41, 5.74) is 2.70. The van der Waals surface area contributed by atoms with Gasteiger partial charge in [-0.05, 0) is 48.9 Å². The maximum absolute atomic E-state index is 12.5. The molecule has 0 amide bonds. The van der Waals surface area contributed by atoms with Gasteiger partial charge in [-0.15, -0.1) is 0 Å². The van der Waals surface area contributed by atoms with Gasteiger partial charge in [-0.25, -0.2) is 0 Å². The van der Waals surface area contributed by atoms with E-state index in [0.717, 1.165) is 31.4 Å². The van der Waals surface area contributed by atoms with Crippen molar-refractivity contribution in [1.82, 2.24) is 0 Å². The van der Waals surface area contributed by atoms with Crippen molar-refractivity contribution in [3.63, 3.8) is 0 Å². The third-order valence-corrected chi connectivity index (χ3v) is 5.50. The SMILES string of the molecule is CCC1(CC)C(=O)C2CCc3cc(OC)ccc3C21. The summed E-state index contributed by atoms with van der Waals surface area (Å²) in [6, 6.07) is 6.39. The number of carbonyl (C=O) groups excluding carboxylic acids is 1. The quantitative estimate of drug-likeness (QED) is 0.825. The molecule has 0 aromatic heterocycles. The molecule has 2 nitrogen and oxygen atoms in total. The van der Waals surface area contributed by atoms with Gasteiger partial charge in [0.15, 0.2) is 0 Å². The van der Waals surface area contributed by atoms with Crippen LogP contribution in [-0.4, -0.2) is 12.9 Å². The van der Waals surface area contributed by atoms with E-state index in [2.05, 4.69) is 26.0 Å². The third-order valence-electron chi connectivity index (χ3n) is 5.50. The molecule has 0 heterocycles. The van der Waals surface area contributed by atoms with Crippen LogP contribution in [0, 0.1) is 11.3 Å². The summed E-state index contributed by atoms with van der Waals surface area (Å²) in [5, 5.41) is 0. The lowest BCUT2D eigenvalue weighted by atomic mass is 9.45. The molecule has 0 radical (unpaired) electrons. The number of ether oxygens (including phenoxy) is 1. The Balaban J connectivity index is 2.05. The predicted octanol–water partition coefficient (Wildman–Crippen LogP) is 3.73. The Bertz CT molecular complexity index is 514.